The molecule has 5 rings (SSSR count). The average molecular weight is 340 g/mol. The third kappa shape index (κ3) is 2.93. The largest absolute Gasteiger partial charge is 0.378 e. The highest BCUT2D eigenvalue weighted by atomic mass is 16.5. The number of nitrogens with zero attached hydrogens (tertiary/aromatic N) is 4. The van der Waals surface area contributed by atoms with E-state index in [-0.39, 0.29) is 5.91 Å². The van der Waals surface area contributed by atoms with Crippen LogP contribution in [0.2, 0.25) is 0 Å². The summed E-state index contributed by atoms with van der Waals surface area (Å²) in [5, 5.41) is 5.58. The lowest BCUT2D eigenvalue weighted by Crippen LogP contribution is -2.63. The summed E-state index contributed by atoms with van der Waals surface area (Å²) in [6.07, 6.45) is 4.63. The summed E-state index contributed by atoms with van der Waals surface area (Å²) in [4.78, 5) is 17.3. The van der Waals surface area contributed by atoms with Gasteiger partial charge in [0.25, 0.3) is 0 Å². The fourth-order valence-electron chi connectivity index (χ4n) is 4.32. The van der Waals surface area contributed by atoms with Crippen molar-refractivity contribution in [2.24, 2.45) is 5.92 Å². The number of rotatable bonds is 3. The molecule has 2 saturated heterocycles. The molecule has 2 aromatic rings. The molecule has 1 aromatic carbocycles. The van der Waals surface area contributed by atoms with Gasteiger partial charge in [-0.15, -0.1) is 0 Å². The van der Waals surface area contributed by atoms with E-state index in [2.05, 4.69) is 10.00 Å². The van der Waals surface area contributed by atoms with Crippen LogP contribution in [-0.2, 0) is 16.1 Å². The second kappa shape index (κ2) is 6.11. The number of piperazine rings is 1. The molecule has 0 radical (unpaired) electrons. The van der Waals surface area contributed by atoms with Crippen molar-refractivity contribution in [2.75, 3.05) is 32.8 Å². The van der Waals surface area contributed by atoms with E-state index in [0.717, 1.165) is 49.7 Å². The monoisotopic (exact) mass is 340 g/mol. The van der Waals surface area contributed by atoms with Crippen LogP contribution >= 0.6 is 0 Å². The van der Waals surface area contributed by atoms with Gasteiger partial charge in [-0.25, -0.2) is 0 Å². The van der Waals surface area contributed by atoms with Gasteiger partial charge < -0.3 is 9.64 Å². The first-order valence-corrected chi connectivity index (χ1v) is 9.31. The number of carbonyl (C=O) groups excluding carboxylic acids is 1. The van der Waals surface area contributed by atoms with Gasteiger partial charge in [0.05, 0.1) is 24.8 Å². The molecule has 1 saturated carbocycles. The number of aromatic nitrogens is 2. The van der Waals surface area contributed by atoms with Crippen LogP contribution in [0.15, 0.2) is 30.5 Å². The van der Waals surface area contributed by atoms with Gasteiger partial charge in [0.2, 0.25) is 5.91 Å². The van der Waals surface area contributed by atoms with Gasteiger partial charge in [-0.3, -0.25) is 14.4 Å². The fraction of sp³-hybridized carbons (Fsp3) is 0.579. The molecule has 0 spiro atoms. The van der Waals surface area contributed by atoms with Gasteiger partial charge in [-0.1, -0.05) is 18.2 Å². The molecule has 3 fully saturated rings. The molecule has 25 heavy (non-hydrogen) atoms. The Balaban J connectivity index is 1.25. The lowest BCUT2D eigenvalue weighted by Gasteiger charge is -2.48. The van der Waals surface area contributed by atoms with Crippen LogP contribution in [0, 0.1) is 5.92 Å². The third-order valence-corrected chi connectivity index (χ3v) is 5.83. The summed E-state index contributed by atoms with van der Waals surface area (Å²) < 4.78 is 7.61. The maximum atomic E-state index is 12.8. The second-order valence-corrected chi connectivity index (χ2v) is 7.56. The molecule has 0 N–H and O–H groups in total. The number of ether oxygens (including phenoxy) is 1. The number of benzene rings is 1. The first-order valence-electron chi connectivity index (χ1n) is 9.31. The minimum atomic E-state index is 0.154. The molecule has 0 bridgehead atoms. The first kappa shape index (κ1) is 15.3. The molecule has 3 aliphatic rings. The predicted molar refractivity (Wildman–Crippen MR) is 94.1 cm³/mol. The molecule has 1 aromatic heterocycles. The van der Waals surface area contributed by atoms with Crippen LogP contribution in [0.3, 0.4) is 0 Å². The van der Waals surface area contributed by atoms with E-state index in [4.69, 9.17) is 4.74 Å². The van der Waals surface area contributed by atoms with Crippen molar-refractivity contribution in [1.82, 2.24) is 19.6 Å². The van der Waals surface area contributed by atoms with Crippen molar-refractivity contribution in [2.45, 2.75) is 31.5 Å². The topological polar surface area (TPSA) is 50.6 Å². The SMILES string of the molecule is O=C(Cn1cc2ccccc2n1)N1CCN2[C@@H](COC[C@@H]2C2CC2)C1. The van der Waals surface area contributed by atoms with E-state index in [1.807, 2.05) is 35.4 Å². The van der Waals surface area contributed by atoms with Gasteiger partial charge in [0.1, 0.15) is 6.54 Å². The molecule has 0 unspecified atom stereocenters. The number of hydrogen-bond donors (Lipinski definition) is 0. The van der Waals surface area contributed by atoms with Crippen LogP contribution in [0.1, 0.15) is 12.8 Å². The number of amides is 1. The molecule has 1 aliphatic carbocycles. The van der Waals surface area contributed by atoms with E-state index in [1.165, 1.54) is 12.8 Å². The minimum absolute atomic E-state index is 0.154. The number of hydrogen-bond acceptors (Lipinski definition) is 4. The van der Waals surface area contributed by atoms with Gasteiger partial charge in [0.15, 0.2) is 0 Å². The summed E-state index contributed by atoms with van der Waals surface area (Å²) in [6.45, 7) is 4.51. The molecular weight excluding hydrogens is 316 g/mol. The zero-order valence-electron chi connectivity index (χ0n) is 14.4. The molecular formula is C19H24N4O2. The Morgan fingerprint density at radius 1 is 1.20 bits per heavy atom. The Hall–Kier alpha value is -1.92. The van der Waals surface area contributed by atoms with E-state index >= 15 is 0 Å². The Kier molecular flexibility index (Phi) is 3.75. The number of morpholine rings is 1. The first-order chi connectivity index (χ1) is 12.3. The van der Waals surface area contributed by atoms with Crippen molar-refractivity contribution < 1.29 is 9.53 Å². The summed E-state index contributed by atoms with van der Waals surface area (Å²) in [7, 11) is 0. The lowest BCUT2D eigenvalue weighted by atomic mass is 10.0. The Bertz CT molecular complexity index is 752. The molecule has 1 amide bonds. The molecule has 6 nitrogen and oxygen atoms in total. The van der Waals surface area contributed by atoms with Gasteiger partial charge in [-0.05, 0) is 24.8 Å². The lowest BCUT2D eigenvalue weighted by molar-refractivity contribution is -0.141. The molecule has 6 heteroatoms. The predicted octanol–water partition coefficient (Wildman–Crippen LogP) is 1.36. The minimum Gasteiger partial charge on any atom is -0.378 e. The molecule has 3 heterocycles. The highest BCUT2D eigenvalue weighted by Gasteiger charge is 2.43. The Morgan fingerprint density at radius 3 is 2.92 bits per heavy atom. The average Bonchev–Trinajstić information content (AvgIpc) is 3.40. The van der Waals surface area contributed by atoms with E-state index in [9.17, 15) is 4.79 Å². The van der Waals surface area contributed by atoms with Crippen LogP contribution in [-0.4, -0.2) is 70.4 Å². The number of fused-ring (bicyclic) bond motifs is 2. The second-order valence-electron chi connectivity index (χ2n) is 7.56. The van der Waals surface area contributed by atoms with Gasteiger partial charge in [0, 0.05) is 37.3 Å². The smallest absolute Gasteiger partial charge is 0.244 e. The standard InChI is InChI=1S/C19H24N4O2/c24-19(11-22-9-15-3-1-2-4-17(15)20-22)21-7-8-23-16(10-21)12-25-13-18(23)14-5-6-14/h1-4,9,14,16,18H,5-8,10-13H2/t16-,18-/m1/s1. The highest BCUT2D eigenvalue weighted by molar-refractivity contribution is 5.80. The van der Waals surface area contributed by atoms with Crippen molar-refractivity contribution >= 4 is 16.8 Å². The quantitative estimate of drug-likeness (QED) is 0.847. The zero-order chi connectivity index (χ0) is 16.8. The van der Waals surface area contributed by atoms with Crippen LogP contribution in [0.25, 0.3) is 10.9 Å². The van der Waals surface area contributed by atoms with Crippen LogP contribution in [0.5, 0.6) is 0 Å². The van der Waals surface area contributed by atoms with Crippen molar-refractivity contribution in [3.05, 3.63) is 30.5 Å². The van der Waals surface area contributed by atoms with Gasteiger partial charge >= 0.3 is 0 Å². The Morgan fingerprint density at radius 2 is 2.08 bits per heavy atom. The summed E-state index contributed by atoms with van der Waals surface area (Å²) in [5.41, 5.74) is 0.938. The van der Waals surface area contributed by atoms with E-state index in [0.29, 0.717) is 18.6 Å². The van der Waals surface area contributed by atoms with Gasteiger partial charge in [-0.2, -0.15) is 5.10 Å². The molecule has 132 valence electrons. The van der Waals surface area contributed by atoms with Crippen LogP contribution in [0.4, 0.5) is 0 Å². The van der Waals surface area contributed by atoms with Crippen LogP contribution < -0.4 is 0 Å². The maximum absolute atomic E-state index is 12.8. The zero-order valence-corrected chi connectivity index (χ0v) is 14.4. The van der Waals surface area contributed by atoms with Crippen molar-refractivity contribution in [3.63, 3.8) is 0 Å². The molecule has 2 atom stereocenters. The van der Waals surface area contributed by atoms with Crippen molar-refractivity contribution in [3.8, 4) is 0 Å². The maximum Gasteiger partial charge on any atom is 0.244 e. The highest BCUT2D eigenvalue weighted by Crippen LogP contribution is 2.38. The summed E-state index contributed by atoms with van der Waals surface area (Å²) in [5.74, 6) is 0.975. The summed E-state index contributed by atoms with van der Waals surface area (Å²) in [6, 6.07) is 8.90. The third-order valence-electron chi connectivity index (χ3n) is 5.83. The van der Waals surface area contributed by atoms with E-state index in [1.54, 1.807) is 4.68 Å². The summed E-state index contributed by atoms with van der Waals surface area (Å²) >= 11 is 0. The number of carbonyl (C=O) groups is 1. The van der Waals surface area contributed by atoms with E-state index < -0.39 is 0 Å². The molecule has 2 aliphatic heterocycles. The fourth-order valence-corrected chi connectivity index (χ4v) is 4.32. The Labute approximate surface area is 147 Å². The van der Waals surface area contributed by atoms with Crippen molar-refractivity contribution in [1.29, 1.82) is 0 Å². The normalized spacial score (nSPS) is 27.4.